The summed E-state index contributed by atoms with van der Waals surface area (Å²) in [5.74, 6) is -1.19. The molecule has 1 aromatic heterocycles. The van der Waals surface area contributed by atoms with Gasteiger partial charge in [0.2, 0.25) is 5.71 Å². The molecule has 1 heterocycles. The molecule has 0 bridgehead atoms. The molecule has 2 rings (SSSR count). The van der Waals surface area contributed by atoms with Gasteiger partial charge in [0, 0.05) is 10.9 Å². The normalized spacial score (nSPS) is 13.3. The van der Waals surface area contributed by atoms with Crippen molar-refractivity contribution in [1.29, 1.82) is 0 Å². The molecule has 7 heteroatoms. The summed E-state index contributed by atoms with van der Waals surface area (Å²) in [5, 5.41) is 11.0. The van der Waals surface area contributed by atoms with Gasteiger partial charge in [0.05, 0.1) is 0 Å². The van der Waals surface area contributed by atoms with Crippen molar-refractivity contribution in [2.45, 2.75) is 20.0 Å². The lowest BCUT2D eigenvalue weighted by Crippen LogP contribution is -2.24. The molecule has 0 radical (unpaired) electrons. The van der Waals surface area contributed by atoms with Crippen molar-refractivity contribution in [3.8, 4) is 0 Å². The van der Waals surface area contributed by atoms with Crippen LogP contribution in [0.1, 0.15) is 16.9 Å². The van der Waals surface area contributed by atoms with Crippen molar-refractivity contribution in [1.82, 2.24) is 0 Å². The van der Waals surface area contributed by atoms with Gasteiger partial charge < -0.3 is 9.62 Å². The van der Waals surface area contributed by atoms with E-state index in [1.165, 1.54) is 13.8 Å². The van der Waals surface area contributed by atoms with Gasteiger partial charge in [-0.05, 0) is 31.5 Å². The van der Waals surface area contributed by atoms with E-state index in [0.717, 1.165) is 12.1 Å². The summed E-state index contributed by atoms with van der Waals surface area (Å²) in [5.41, 5.74) is -0.966. The number of hydrogen-bond acceptors (Lipinski definition) is 3. The Kier molecular flexibility index (Phi) is 3.00. The van der Waals surface area contributed by atoms with Crippen LogP contribution in [0.25, 0.3) is 11.0 Å². The van der Waals surface area contributed by atoms with Crippen molar-refractivity contribution in [2.75, 3.05) is 0 Å². The summed E-state index contributed by atoms with van der Waals surface area (Å²) in [6.45, 7) is 2.86. The molecular weight excluding hydrogens is 266 g/mol. The number of rotatable bonds is 1. The molecule has 19 heavy (non-hydrogen) atoms. The zero-order valence-corrected chi connectivity index (χ0v) is 9.97. The van der Waals surface area contributed by atoms with Gasteiger partial charge in [-0.3, -0.25) is 0 Å². The van der Waals surface area contributed by atoms with Crippen LogP contribution in [0.3, 0.4) is 0 Å². The second kappa shape index (κ2) is 4.25. The standard InChI is InChI=1S/C12H9F4NO2/c1-5-3-7(13)4-8-6(2)10(19-9(5)8)11(17-18)12(14,15)16/h3-4,18H,1-2H3/b17-11+. The number of fused-ring (bicyclic) bond motifs is 1. The van der Waals surface area contributed by atoms with Crippen molar-refractivity contribution in [2.24, 2.45) is 5.16 Å². The van der Waals surface area contributed by atoms with Crippen molar-refractivity contribution in [3.05, 3.63) is 34.8 Å². The van der Waals surface area contributed by atoms with Gasteiger partial charge in [0.15, 0.2) is 5.76 Å². The minimum atomic E-state index is -4.86. The maximum absolute atomic E-state index is 13.3. The SMILES string of the molecule is Cc1c(/C(=N\O)C(F)(F)F)oc2c(C)cc(F)cc12. The minimum absolute atomic E-state index is 0.0720. The Hall–Kier alpha value is -2.05. The molecule has 0 fully saturated rings. The quantitative estimate of drug-likeness (QED) is 0.371. The Balaban J connectivity index is 2.77. The fraction of sp³-hybridized carbons (Fsp3) is 0.250. The number of hydrogen-bond donors (Lipinski definition) is 1. The number of alkyl halides is 3. The van der Waals surface area contributed by atoms with E-state index in [4.69, 9.17) is 9.62 Å². The number of benzene rings is 1. The maximum atomic E-state index is 13.3. The van der Waals surface area contributed by atoms with E-state index in [2.05, 4.69) is 5.16 Å². The van der Waals surface area contributed by atoms with Gasteiger partial charge in [0.25, 0.3) is 0 Å². The highest BCUT2D eigenvalue weighted by Gasteiger charge is 2.41. The first-order chi connectivity index (χ1) is 8.75. The van der Waals surface area contributed by atoms with E-state index in [0.29, 0.717) is 5.56 Å². The van der Waals surface area contributed by atoms with Gasteiger partial charge in [-0.1, -0.05) is 5.16 Å². The number of aryl methyl sites for hydroxylation is 2. The van der Waals surface area contributed by atoms with E-state index >= 15 is 0 Å². The highest BCUT2D eigenvalue weighted by Crippen LogP contribution is 2.33. The molecule has 1 aromatic carbocycles. The van der Waals surface area contributed by atoms with Crippen LogP contribution in [0.4, 0.5) is 17.6 Å². The van der Waals surface area contributed by atoms with Gasteiger partial charge in [-0.2, -0.15) is 13.2 Å². The Morgan fingerprint density at radius 3 is 2.42 bits per heavy atom. The number of furan rings is 1. The fourth-order valence-corrected chi connectivity index (χ4v) is 1.90. The first-order valence-corrected chi connectivity index (χ1v) is 5.24. The molecule has 0 atom stereocenters. The van der Waals surface area contributed by atoms with E-state index < -0.39 is 23.5 Å². The maximum Gasteiger partial charge on any atom is 0.440 e. The smallest absolute Gasteiger partial charge is 0.440 e. The van der Waals surface area contributed by atoms with Crippen molar-refractivity contribution in [3.63, 3.8) is 0 Å². The van der Waals surface area contributed by atoms with Crippen LogP contribution in [0.5, 0.6) is 0 Å². The number of halogens is 4. The lowest BCUT2D eigenvalue weighted by Gasteiger charge is -2.06. The van der Waals surface area contributed by atoms with Gasteiger partial charge >= 0.3 is 6.18 Å². The zero-order valence-electron chi connectivity index (χ0n) is 9.97. The molecule has 0 unspecified atom stereocenters. The molecule has 0 aliphatic rings. The van der Waals surface area contributed by atoms with Crippen LogP contribution < -0.4 is 0 Å². The Bertz CT molecular complexity index is 670. The summed E-state index contributed by atoms with van der Waals surface area (Å²) in [4.78, 5) is 0. The first-order valence-electron chi connectivity index (χ1n) is 5.24. The lowest BCUT2D eigenvalue weighted by molar-refractivity contribution is -0.0609. The molecule has 3 nitrogen and oxygen atoms in total. The summed E-state index contributed by atoms with van der Waals surface area (Å²) < 4.78 is 56.4. The molecule has 0 saturated carbocycles. The van der Waals surface area contributed by atoms with Crippen LogP contribution in [-0.4, -0.2) is 17.1 Å². The monoisotopic (exact) mass is 275 g/mol. The third-order valence-electron chi connectivity index (χ3n) is 2.77. The molecule has 0 aliphatic heterocycles. The predicted octanol–water partition coefficient (Wildman–Crippen LogP) is 3.93. The lowest BCUT2D eigenvalue weighted by atomic mass is 10.1. The van der Waals surface area contributed by atoms with Gasteiger partial charge in [-0.25, -0.2) is 4.39 Å². The average molecular weight is 275 g/mol. The fourth-order valence-electron chi connectivity index (χ4n) is 1.90. The van der Waals surface area contributed by atoms with Gasteiger partial charge in [0.1, 0.15) is 11.4 Å². The molecular formula is C12H9F4NO2. The van der Waals surface area contributed by atoms with Crippen LogP contribution in [-0.2, 0) is 0 Å². The van der Waals surface area contributed by atoms with Crippen LogP contribution >= 0.6 is 0 Å². The summed E-state index contributed by atoms with van der Waals surface area (Å²) in [6, 6.07) is 2.23. The minimum Gasteiger partial charge on any atom is -0.454 e. The number of nitrogens with zero attached hydrogens (tertiary/aromatic N) is 1. The topological polar surface area (TPSA) is 45.7 Å². The van der Waals surface area contributed by atoms with E-state index in [9.17, 15) is 17.6 Å². The van der Waals surface area contributed by atoms with E-state index in [1.54, 1.807) is 0 Å². The summed E-state index contributed by atoms with van der Waals surface area (Å²) in [7, 11) is 0. The molecule has 0 amide bonds. The second-order valence-corrected chi connectivity index (χ2v) is 4.10. The van der Waals surface area contributed by atoms with Crippen molar-refractivity contribution >= 4 is 16.7 Å². The summed E-state index contributed by atoms with van der Waals surface area (Å²) >= 11 is 0. The highest BCUT2D eigenvalue weighted by molar-refractivity contribution is 6.06. The molecule has 0 spiro atoms. The van der Waals surface area contributed by atoms with Crippen LogP contribution in [0.2, 0.25) is 0 Å². The number of oxime groups is 1. The predicted molar refractivity (Wildman–Crippen MR) is 60.0 cm³/mol. The van der Waals surface area contributed by atoms with Gasteiger partial charge in [-0.15, -0.1) is 0 Å². The third-order valence-corrected chi connectivity index (χ3v) is 2.77. The Labute approximate surface area is 105 Å². The molecule has 102 valence electrons. The van der Waals surface area contributed by atoms with Crippen LogP contribution in [0.15, 0.2) is 21.7 Å². The third kappa shape index (κ3) is 2.16. The Morgan fingerprint density at radius 2 is 1.89 bits per heavy atom. The molecule has 2 aromatic rings. The van der Waals surface area contributed by atoms with Crippen LogP contribution in [0, 0.1) is 19.7 Å². The second-order valence-electron chi connectivity index (χ2n) is 4.10. The largest absolute Gasteiger partial charge is 0.454 e. The summed E-state index contributed by atoms with van der Waals surface area (Å²) in [6.07, 6.45) is -4.86. The molecule has 1 N–H and O–H groups in total. The van der Waals surface area contributed by atoms with E-state index in [-0.39, 0.29) is 16.5 Å². The zero-order chi connectivity index (χ0) is 14.4. The highest BCUT2D eigenvalue weighted by atomic mass is 19.4. The Morgan fingerprint density at radius 1 is 1.26 bits per heavy atom. The molecule has 0 aliphatic carbocycles. The van der Waals surface area contributed by atoms with E-state index in [1.807, 2.05) is 0 Å². The first kappa shape index (κ1) is 13.4. The molecule has 0 saturated heterocycles. The average Bonchev–Trinajstić information content (AvgIpc) is 2.57. The van der Waals surface area contributed by atoms with Crippen molar-refractivity contribution < 1.29 is 27.2 Å².